The second-order valence-electron chi connectivity index (χ2n) is 7.75. The molecule has 3 rings (SSSR count). The van der Waals surface area contributed by atoms with Gasteiger partial charge in [0.25, 0.3) is 5.69 Å². The molecule has 162 valence electrons. The Labute approximate surface area is 178 Å². The van der Waals surface area contributed by atoms with Crippen LogP contribution in [-0.2, 0) is 16.1 Å². The Morgan fingerprint density at radius 1 is 1.10 bits per heavy atom. The van der Waals surface area contributed by atoms with Gasteiger partial charge < -0.3 is 14.2 Å². The summed E-state index contributed by atoms with van der Waals surface area (Å²) in [6.45, 7) is 5.16. The molecule has 0 bridgehead atoms. The van der Waals surface area contributed by atoms with Crippen molar-refractivity contribution >= 4 is 28.7 Å². The Morgan fingerprint density at radius 3 is 2.35 bits per heavy atom. The fraction of sp³-hybridized carbons (Fsp3) is 0.273. The number of esters is 1. The molecule has 0 atom stereocenters. The van der Waals surface area contributed by atoms with Crippen LogP contribution in [0.2, 0.25) is 0 Å². The van der Waals surface area contributed by atoms with E-state index in [1.807, 2.05) is 30.3 Å². The van der Waals surface area contributed by atoms with Crippen molar-refractivity contribution < 1.29 is 28.7 Å². The molecule has 0 spiro atoms. The van der Waals surface area contributed by atoms with E-state index in [1.165, 1.54) is 25.3 Å². The van der Waals surface area contributed by atoms with Crippen LogP contribution in [0.25, 0.3) is 10.9 Å². The van der Waals surface area contributed by atoms with E-state index in [0.29, 0.717) is 0 Å². The van der Waals surface area contributed by atoms with Crippen LogP contribution in [0.3, 0.4) is 0 Å². The molecule has 9 heteroatoms. The molecule has 31 heavy (non-hydrogen) atoms. The van der Waals surface area contributed by atoms with Crippen molar-refractivity contribution in [1.82, 2.24) is 4.57 Å². The SMILES string of the molecule is COC(=O)c1cc2cc([N+](=O)[O-])cc(OCc3ccccc3)c2n1C(=O)OC(C)(C)C. The van der Waals surface area contributed by atoms with Crippen molar-refractivity contribution in [3.63, 3.8) is 0 Å². The van der Waals surface area contributed by atoms with Crippen molar-refractivity contribution in [3.8, 4) is 5.75 Å². The van der Waals surface area contributed by atoms with Crippen LogP contribution in [0.1, 0.15) is 36.8 Å². The Hall–Kier alpha value is -3.88. The monoisotopic (exact) mass is 426 g/mol. The molecule has 0 fully saturated rings. The van der Waals surface area contributed by atoms with E-state index in [9.17, 15) is 19.7 Å². The van der Waals surface area contributed by atoms with Gasteiger partial charge in [0.1, 0.15) is 23.4 Å². The Balaban J connectivity index is 2.21. The van der Waals surface area contributed by atoms with Crippen molar-refractivity contribution in [2.24, 2.45) is 0 Å². The van der Waals surface area contributed by atoms with E-state index < -0.39 is 22.6 Å². The lowest BCUT2D eigenvalue weighted by atomic mass is 10.2. The third-order valence-electron chi connectivity index (χ3n) is 4.26. The maximum absolute atomic E-state index is 13.0. The lowest BCUT2D eigenvalue weighted by Gasteiger charge is -2.21. The van der Waals surface area contributed by atoms with Gasteiger partial charge in [0.15, 0.2) is 5.75 Å². The molecule has 0 unspecified atom stereocenters. The smallest absolute Gasteiger partial charge is 0.419 e. The molecule has 1 aromatic heterocycles. The molecule has 0 amide bonds. The molecule has 0 aliphatic rings. The fourth-order valence-electron chi connectivity index (χ4n) is 3.00. The van der Waals surface area contributed by atoms with Gasteiger partial charge in [-0.3, -0.25) is 10.1 Å². The minimum absolute atomic E-state index is 0.0639. The molecule has 2 aromatic carbocycles. The second kappa shape index (κ2) is 8.47. The number of rotatable bonds is 5. The molecule has 0 aliphatic carbocycles. The number of aromatic nitrogens is 1. The van der Waals surface area contributed by atoms with E-state index in [1.54, 1.807) is 20.8 Å². The zero-order valence-electron chi connectivity index (χ0n) is 17.6. The molecular weight excluding hydrogens is 404 g/mol. The van der Waals surface area contributed by atoms with Crippen LogP contribution in [0.15, 0.2) is 48.5 Å². The number of non-ortho nitro benzene ring substituents is 1. The highest BCUT2D eigenvalue weighted by Gasteiger charge is 2.29. The molecule has 1 heterocycles. The summed E-state index contributed by atoms with van der Waals surface area (Å²) in [5.41, 5.74) is -0.209. The Kier molecular flexibility index (Phi) is 5.96. The van der Waals surface area contributed by atoms with Gasteiger partial charge in [0, 0.05) is 11.5 Å². The largest absolute Gasteiger partial charge is 0.486 e. The molecule has 0 radical (unpaired) electrons. The minimum Gasteiger partial charge on any atom is -0.486 e. The molecule has 0 saturated carbocycles. The second-order valence-corrected chi connectivity index (χ2v) is 7.75. The van der Waals surface area contributed by atoms with Gasteiger partial charge >= 0.3 is 12.1 Å². The van der Waals surface area contributed by atoms with E-state index in [0.717, 1.165) is 10.1 Å². The molecule has 0 aliphatic heterocycles. The lowest BCUT2D eigenvalue weighted by Crippen LogP contribution is -2.29. The number of nitro groups is 1. The Morgan fingerprint density at radius 2 is 1.77 bits per heavy atom. The van der Waals surface area contributed by atoms with Crippen LogP contribution in [0.4, 0.5) is 10.5 Å². The molecule has 0 saturated heterocycles. The quantitative estimate of drug-likeness (QED) is 0.330. The number of hydrogen-bond donors (Lipinski definition) is 0. The van der Waals surface area contributed by atoms with Gasteiger partial charge in [-0.15, -0.1) is 0 Å². The maximum Gasteiger partial charge on any atom is 0.419 e. The summed E-state index contributed by atoms with van der Waals surface area (Å²) in [5, 5.41) is 11.7. The lowest BCUT2D eigenvalue weighted by molar-refractivity contribution is -0.384. The van der Waals surface area contributed by atoms with E-state index in [2.05, 4.69) is 0 Å². The summed E-state index contributed by atoms with van der Waals surface area (Å²) in [5.74, 6) is -0.729. The highest BCUT2D eigenvalue weighted by atomic mass is 16.6. The molecule has 9 nitrogen and oxygen atoms in total. The van der Waals surface area contributed by atoms with Crippen molar-refractivity contribution in [2.45, 2.75) is 33.0 Å². The maximum atomic E-state index is 13.0. The van der Waals surface area contributed by atoms with Gasteiger partial charge in [-0.2, -0.15) is 0 Å². The topological polar surface area (TPSA) is 110 Å². The fourth-order valence-corrected chi connectivity index (χ4v) is 3.00. The van der Waals surface area contributed by atoms with Gasteiger partial charge in [0.05, 0.1) is 18.1 Å². The average molecular weight is 426 g/mol. The van der Waals surface area contributed by atoms with E-state index in [-0.39, 0.29) is 34.6 Å². The summed E-state index contributed by atoms with van der Waals surface area (Å²) in [4.78, 5) is 36.2. The number of fused-ring (bicyclic) bond motifs is 1. The number of nitrogens with zero attached hydrogens (tertiary/aromatic N) is 2. The van der Waals surface area contributed by atoms with Crippen LogP contribution in [-0.4, -0.2) is 34.3 Å². The predicted molar refractivity (Wildman–Crippen MR) is 112 cm³/mol. The number of nitro benzene ring substituents is 1. The van der Waals surface area contributed by atoms with Crippen LogP contribution in [0.5, 0.6) is 5.75 Å². The number of methoxy groups -OCH3 is 1. The van der Waals surface area contributed by atoms with E-state index in [4.69, 9.17) is 14.2 Å². The van der Waals surface area contributed by atoms with Crippen LogP contribution >= 0.6 is 0 Å². The normalized spacial score (nSPS) is 11.2. The zero-order valence-corrected chi connectivity index (χ0v) is 17.6. The summed E-state index contributed by atoms with van der Waals surface area (Å²) < 4.78 is 17.1. The van der Waals surface area contributed by atoms with Crippen molar-refractivity contribution in [1.29, 1.82) is 0 Å². The summed E-state index contributed by atoms with van der Waals surface area (Å²) in [7, 11) is 1.18. The summed E-state index contributed by atoms with van der Waals surface area (Å²) >= 11 is 0. The van der Waals surface area contributed by atoms with Crippen LogP contribution in [0, 0.1) is 10.1 Å². The average Bonchev–Trinajstić information content (AvgIpc) is 3.10. The van der Waals surface area contributed by atoms with Gasteiger partial charge in [-0.1, -0.05) is 30.3 Å². The third-order valence-corrected chi connectivity index (χ3v) is 4.26. The molecule has 0 N–H and O–H groups in total. The van der Waals surface area contributed by atoms with Gasteiger partial charge in [-0.05, 0) is 32.4 Å². The van der Waals surface area contributed by atoms with Crippen molar-refractivity contribution in [2.75, 3.05) is 7.11 Å². The third kappa shape index (κ3) is 4.82. The molecular formula is C22H22N2O7. The zero-order chi connectivity index (χ0) is 22.8. The molecule has 3 aromatic rings. The number of benzene rings is 2. The highest BCUT2D eigenvalue weighted by Crippen LogP contribution is 2.35. The summed E-state index contributed by atoms with van der Waals surface area (Å²) in [6, 6.07) is 13.0. The van der Waals surface area contributed by atoms with E-state index >= 15 is 0 Å². The first-order chi connectivity index (χ1) is 14.6. The number of carbonyl (C=O) groups is 2. The first kappa shape index (κ1) is 21.8. The summed E-state index contributed by atoms with van der Waals surface area (Å²) in [6.07, 6.45) is -0.832. The highest BCUT2D eigenvalue weighted by molar-refractivity contribution is 6.04. The number of hydrogen-bond acceptors (Lipinski definition) is 7. The predicted octanol–water partition coefficient (Wildman–Crippen LogP) is 4.70. The minimum atomic E-state index is -0.840. The van der Waals surface area contributed by atoms with Gasteiger partial charge in [0.2, 0.25) is 0 Å². The first-order valence-corrected chi connectivity index (χ1v) is 9.43. The van der Waals surface area contributed by atoms with Crippen molar-refractivity contribution in [3.05, 3.63) is 69.9 Å². The number of carbonyl (C=O) groups excluding carboxylic acids is 2. The van der Waals surface area contributed by atoms with Crippen LogP contribution < -0.4 is 4.74 Å². The number of ether oxygens (including phenoxy) is 3. The first-order valence-electron chi connectivity index (χ1n) is 9.43. The standard InChI is InChI=1S/C22H22N2O7/c1-22(2,3)31-21(26)23-17(20(25)29-4)11-15-10-16(24(27)28)12-18(19(15)23)30-13-14-8-6-5-7-9-14/h5-12H,13H2,1-4H3. The Bertz CT molecular complexity index is 1140. The van der Waals surface area contributed by atoms with Gasteiger partial charge in [-0.25, -0.2) is 14.2 Å².